The van der Waals surface area contributed by atoms with Gasteiger partial charge in [0.2, 0.25) is 0 Å². The van der Waals surface area contributed by atoms with Gasteiger partial charge in [0.25, 0.3) is 0 Å². The standard InChI is InChI=1S/C12H17NOS/c1-3-14-8-10-5-4-9(2)11(6-10)7-12(13)15/h4-6H,3,7-8H2,1-2H3,(H2,13,15). The maximum absolute atomic E-state index is 5.54. The van der Waals surface area contributed by atoms with Crippen LogP contribution in [0.4, 0.5) is 0 Å². The zero-order valence-corrected chi connectivity index (χ0v) is 10.1. The van der Waals surface area contributed by atoms with Crippen LogP contribution < -0.4 is 5.73 Å². The molecule has 0 bridgehead atoms. The van der Waals surface area contributed by atoms with Gasteiger partial charge in [0.1, 0.15) is 0 Å². The summed E-state index contributed by atoms with van der Waals surface area (Å²) in [4.78, 5) is 0.534. The fourth-order valence-electron chi connectivity index (χ4n) is 1.41. The van der Waals surface area contributed by atoms with Gasteiger partial charge in [-0.1, -0.05) is 30.4 Å². The van der Waals surface area contributed by atoms with Crippen LogP contribution in [0.15, 0.2) is 18.2 Å². The molecule has 0 aliphatic heterocycles. The first-order valence-electron chi connectivity index (χ1n) is 5.08. The minimum Gasteiger partial charge on any atom is -0.393 e. The van der Waals surface area contributed by atoms with Gasteiger partial charge in [-0.2, -0.15) is 0 Å². The molecular formula is C12H17NOS. The van der Waals surface area contributed by atoms with E-state index in [2.05, 4.69) is 25.1 Å². The summed E-state index contributed by atoms with van der Waals surface area (Å²) in [5, 5.41) is 0. The van der Waals surface area contributed by atoms with Crippen molar-refractivity contribution in [1.29, 1.82) is 0 Å². The molecule has 0 unspecified atom stereocenters. The molecule has 0 amide bonds. The SMILES string of the molecule is CCOCc1ccc(C)c(CC(N)=S)c1. The highest BCUT2D eigenvalue weighted by molar-refractivity contribution is 7.80. The van der Waals surface area contributed by atoms with Crippen LogP contribution in [-0.2, 0) is 17.8 Å². The van der Waals surface area contributed by atoms with E-state index in [0.29, 0.717) is 18.0 Å². The van der Waals surface area contributed by atoms with Gasteiger partial charge >= 0.3 is 0 Å². The van der Waals surface area contributed by atoms with Crippen LogP contribution in [0.25, 0.3) is 0 Å². The van der Waals surface area contributed by atoms with Crippen LogP contribution in [0.3, 0.4) is 0 Å². The second kappa shape index (κ2) is 5.83. The van der Waals surface area contributed by atoms with Crippen molar-refractivity contribution in [3.05, 3.63) is 34.9 Å². The normalized spacial score (nSPS) is 10.3. The molecule has 3 heteroatoms. The third-order valence-corrected chi connectivity index (χ3v) is 2.40. The third-order valence-electron chi connectivity index (χ3n) is 2.25. The molecular weight excluding hydrogens is 206 g/mol. The van der Waals surface area contributed by atoms with Crippen molar-refractivity contribution in [2.75, 3.05) is 6.61 Å². The van der Waals surface area contributed by atoms with Crippen molar-refractivity contribution >= 4 is 17.2 Å². The third kappa shape index (κ3) is 3.98. The predicted molar refractivity (Wildman–Crippen MR) is 67.0 cm³/mol. The molecule has 2 N–H and O–H groups in total. The lowest BCUT2D eigenvalue weighted by atomic mass is 10.0. The highest BCUT2D eigenvalue weighted by Crippen LogP contribution is 2.13. The largest absolute Gasteiger partial charge is 0.393 e. The lowest BCUT2D eigenvalue weighted by Crippen LogP contribution is -2.12. The van der Waals surface area contributed by atoms with Crippen LogP contribution in [0, 0.1) is 6.92 Å². The molecule has 0 aliphatic rings. The molecule has 82 valence electrons. The van der Waals surface area contributed by atoms with Crippen LogP contribution in [0.5, 0.6) is 0 Å². The predicted octanol–water partition coefficient (Wildman–Crippen LogP) is 2.36. The molecule has 2 nitrogen and oxygen atoms in total. The fraction of sp³-hybridized carbons (Fsp3) is 0.417. The van der Waals surface area contributed by atoms with Gasteiger partial charge in [0.15, 0.2) is 0 Å². The topological polar surface area (TPSA) is 35.2 Å². The van der Waals surface area contributed by atoms with Gasteiger partial charge in [-0.05, 0) is 30.5 Å². The monoisotopic (exact) mass is 223 g/mol. The molecule has 0 saturated heterocycles. The van der Waals surface area contributed by atoms with E-state index >= 15 is 0 Å². The number of hydrogen-bond acceptors (Lipinski definition) is 2. The van der Waals surface area contributed by atoms with Crippen LogP contribution >= 0.6 is 12.2 Å². The van der Waals surface area contributed by atoms with Gasteiger partial charge < -0.3 is 10.5 Å². The number of thiocarbonyl (C=S) groups is 1. The Kier molecular flexibility index (Phi) is 4.72. The number of aryl methyl sites for hydroxylation is 1. The maximum atomic E-state index is 5.54. The van der Waals surface area contributed by atoms with E-state index in [1.807, 2.05) is 6.92 Å². The Bertz CT molecular complexity index is 349. The Morgan fingerprint density at radius 2 is 2.20 bits per heavy atom. The first-order valence-corrected chi connectivity index (χ1v) is 5.48. The van der Waals surface area contributed by atoms with Gasteiger partial charge in [0.05, 0.1) is 11.6 Å². The Morgan fingerprint density at radius 1 is 1.47 bits per heavy atom. The summed E-state index contributed by atoms with van der Waals surface area (Å²) in [5.41, 5.74) is 9.14. The summed E-state index contributed by atoms with van der Waals surface area (Å²) >= 11 is 4.91. The van der Waals surface area contributed by atoms with Crippen LogP contribution in [-0.4, -0.2) is 11.6 Å². The minimum atomic E-state index is 0.534. The van der Waals surface area contributed by atoms with E-state index in [4.69, 9.17) is 22.7 Å². The molecule has 15 heavy (non-hydrogen) atoms. The summed E-state index contributed by atoms with van der Waals surface area (Å²) in [7, 11) is 0. The average molecular weight is 223 g/mol. The lowest BCUT2D eigenvalue weighted by molar-refractivity contribution is 0.134. The molecule has 0 aromatic heterocycles. The van der Waals surface area contributed by atoms with E-state index in [1.54, 1.807) is 0 Å². The summed E-state index contributed by atoms with van der Waals surface area (Å²) in [6, 6.07) is 6.28. The Hall–Kier alpha value is -0.930. The summed E-state index contributed by atoms with van der Waals surface area (Å²) in [6.45, 7) is 5.45. The van der Waals surface area contributed by atoms with Crippen molar-refractivity contribution in [2.45, 2.75) is 26.9 Å². The Balaban J connectivity index is 2.80. The van der Waals surface area contributed by atoms with E-state index in [0.717, 1.165) is 6.61 Å². The van der Waals surface area contributed by atoms with Crippen molar-refractivity contribution in [2.24, 2.45) is 5.73 Å². The summed E-state index contributed by atoms with van der Waals surface area (Å²) < 4.78 is 5.36. The highest BCUT2D eigenvalue weighted by atomic mass is 32.1. The van der Waals surface area contributed by atoms with Crippen molar-refractivity contribution in [3.63, 3.8) is 0 Å². The molecule has 0 saturated carbocycles. The quantitative estimate of drug-likeness (QED) is 0.778. The number of rotatable bonds is 5. The molecule has 0 fully saturated rings. The fourth-order valence-corrected chi connectivity index (χ4v) is 1.57. The van der Waals surface area contributed by atoms with Gasteiger partial charge in [-0.15, -0.1) is 0 Å². The highest BCUT2D eigenvalue weighted by Gasteiger charge is 2.02. The van der Waals surface area contributed by atoms with Gasteiger partial charge in [0, 0.05) is 13.0 Å². The first kappa shape index (κ1) is 12.1. The van der Waals surface area contributed by atoms with Crippen molar-refractivity contribution in [1.82, 2.24) is 0 Å². The van der Waals surface area contributed by atoms with Crippen LogP contribution in [0.2, 0.25) is 0 Å². The molecule has 0 radical (unpaired) electrons. The van der Waals surface area contributed by atoms with Gasteiger partial charge in [-0.25, -0.2) is 0 Å². The maximum Gasteiger partial charge on any atom is 0.0771 e. The molecule has 1 aromatic carbocycles. The second-order valence-electron chi connectivity index (χ2n) is 3.54. The molecule has 0 atom stereocenters. The number of ether oxygens (including phenoxy) is 1. The lowest BCUT2D eigenvalue weighted by Gasteiger charge is -2.08. The summed E-state index contributed by atoms with van der Waals surface area (Å²) in [6.07, 6.45) is 0.668. The Labute approximate surface area is 96.4 Å². The van der Waals surface area contributed by atoms with Crippen LogP contribution in [0.1, 0.15) is 23.6 Å². The Morgan fingerprint density at radius 3 is 2.80 bits per heavy atom. The number of hydrogen-bond donors (Lipinski definition) is 1. The summed E-state index contributed by atoms with van der Waals surface area (Å²) in [5.74, 6) is 0. The number of nitrogens with two attached hydrogens (primary N) is 1. The van der Waals surface area contributed by atoms with E-state index in [9.17, 15) is 0 Å². The zero-order valence-electron chi connectivity index (χ0n) is 9.25. The molecule has 0 heterocycles. The molecule has 1 aromatic rings. The zero-order chi connectivity index (χ0) is 11.3. The smallest absolute Gasteiger partial charge is 0.0771 e. The molecule has 0 aliphatic carbocycles. The van der Waals surface area contributed by atoms with Crippen molar-refractivity contribution < 1.29 is 4.74 Å². The average Bonchev–Trinajstić information content (AvgIpc) is 2.18. The molecule has 1 rings (SSSR count). The second-order valence-corrected chi connectivity index (χ2v) is 4.07. The minimum absolute atomic E-state index is 0.534. The van der Waals surface area contributed by atoms with E-state index < -0.39 is 0 Å². The first-order chi connectivity index (χ1) is 7.13. The van der Waals surface area contributed by atoms with E-state index in [-0.39, 0.29) is 0 Å². The van der Waals surface area contributed by atoms with Gasteiger partial charge in [-0.3, -0.25) is 0 Å². The number of benzene rings is 1. The van der Waals surface area contributed by atoms with Crippen molar-refractivity contribution in [3.8, 4) is 0 Å². The molecule has 0 spiro atoms. The van der Waals surface area contributed by atoms with E-state index in [1.165, 1.54) is 16.7 Å².